The van der Waals surface area contributed by atoms with Crippen molar-refractivity contribution in [3.05, 3.63) is 102 Å². The number of rotatable bonds is 6. The molecule has 0 bridgehead atoms. The van der Waals surface area contributed by atoms with Crippen LogP contribution in [0.15, 0.2) is 84.0 Å². The molecule has 1 atom stereocenters. The van der Waals surface area contributed by atoms with Gasteiger partial charge in [-0.05, 0) is 54.4 Å². The first kappa shape index (κ1) is 20.7. The number of carbonyl (C=O) groups is 1. The quantitative estimate of drug-likeness (QED) is 0.466. The SMILES string of the molecule is Cc1ccn2cc(C(=O)NCC(c3ccccc3)S(=O)(=O)c3ccc(F)cc3)nc2c1. The highest BCUT2D eigenvalue weighted by Crippen LogP contribution is 2.28. The lowest BCUT2D eigenvalue weighted by molar-refractivity contribution is 0.0949. The summed E-state index contributed by atoms with van der Waals surface area (Å²) in [6.45, 7) is 1.77. The van der Waals surface area contributed by atoms with E-state index < -0.39 is 26.8 Å². The van der Waals surface area contributed by atoms with Crippen LogP contribution in [-0.2, 0) is 9.84 Å². The number of hydrogen-bond acceptors (Lipinski definition) is 4. The Labute approximate surface area is 179 Å². The van der Waals surface area contributed by atoms with Crippen LogP contribution >= 0.6 is 0 Å². The summed E-state index contributed by atoms with van der Waals surface area (Å²) in [4.78, 5) is 17.0. The van der Waals surface area contributed by atoms with Crippen molar-refractivity contribution in [1.82, 2.24) is 14.7 Å². The molecule has 2 heterocycles. The molecule has 158 valence electrons. The number of halogens is 1. The van der Waals surface area contributed by atoms with E-state index >= 15 is 0 Å². The van der Waals surface area contributed by atoms with Gasteiger partial charge in [0.05, 0.1) is 4.90 Å². The minimum Gasteiger partial charge on any atom is -0.349 e. The normalized spacial score (nSPS) is 12.6. The van der Waals surface area contributed by atoms with Gasteiger partial charge >= 0.3 is 0 Å². The van der Waals surface area contributed by atoms with Gasteiger partial charge in [-0.25, -0.2) is 17.8 Å². The van der Waals surface area contributed by atoms with Crippen molar-refractivity contribution in [3.63, 3.8) is 0 Å². The zero-order valence-electron chi connectivity index (χ0n) is 16.7. The van der Waals surface area contributed by atoms with E-state index in [1.165, 1.54) is 12.1 Å². The maximum atomic E-state index is 13.3. The molecule has 1 amide bonds. The summed E-state index contributed by atoms with van der Waals surface area (Å²) < 4.78 is 41.6. The Bertz CT molecular complexity index is 1330. The first-order valence-electron chi connectivity index (χ1n) is 9.62. The van der Waals surface area contributed by atoms with Gasteiger partial charge in [-0.3, -0.25) is 4.79 Å². The van der Waals surface area contributed by atoms with E-state index in [9.17, 15) is 17.6 Å². The van der Waals surface area contributed by atoms with Crippen LogP contribution < -0.4 is 5.32 Å². The maximum absolute atomic E-state index is 13.3. The second kappa shape index (κ2) is 8.31. The van der Waals surface area contributed by atoms with Gasteiger partial charge in [-0.2, -0.15) is 0 Å². The van der Waals surface area contributed by atoms with Crippen molar-refractivity contribution in [2.45, 2.75) is 17.1 Å². The van der Waals surface area contributed by atoms with Gasteiger partial charge < -0.3 is 9.72 Å². The molecule has 0 saturated carbocycles. The first-order valence-corrected chi connectivity index (χ1v) is 11.2. The molecule has 8 heteroatoms. The molecule has 0 aliphatic rings. The predicted molar refractivity (Wildman–Crippen MR) is 115 cm³/mol. The molecule has 1 N–H and O–H groups in total. The Morgan fingerprint density at radius 1 is 1.10 bits per heavy atom. The van der Waals surface area contributed by atoms with Crippen molar-refractivity contribution in [2.75, 3.05) is 6.54 Å². The Hall–Kier alpha value is -3.52. The number of imidazole rings is 1. The van der Waals surface area contributed by atoms with Crippen LogP contribution in [0.2, 0.25) is 0 Å². The van der Waals surface area contributed by atoms with Crippen LogP contribution in [0.25, 0.3) is 5.65 Å². The molecule has 2 aromatic heterocycles. The molecule has 1 unspecified atom stereocenters. The minimum atomic E-state index is -3.89. The van der Waals surface area contributed by atoms with Crippen LogP contribution in [0.3, 0.4) is 0 Å². The third-order valence-corrected chi connectivity index (χ3v) is 7.10. The lowest BCUT2D eigenvalue weighted by Crippen LogP contribution is -2.32. The molecule has 0 spiro atoms. The summed E-state index contributed by atoms with van der Waals surface area (Å²) in [5.41, 5.74) is 2.36. The van der Waals surface area contributed by atoms with E-state index in [1.54, 1.807) is 47.1 Å². The predicted octanol–water partition coefficient (Wildman–Crippen LogP) is 3.73. The third-order valence-electron chi connectivity index (χ3n) is 4.98. The Morgan fingerprint density at radius 2 is 1.81 bits per heavy atom. The van der Waals surface area contributed by atoms with Gasteiger partial charge in [0.15, 0.2) is 9.84 Å². The Kier molecular flexibility index (Phi) is 5.56. The smallest absolute Gasteiger partial charge is 0.271 e. The molecule has 0 fully saturated rings. The average Bonchev–Trinajstić information content (AvgIpc) is 3.18. The number of nitrogens with one attached hydrogen (secondary N) is 1. The molecule has 0 aliphatic carbocycles. The molecule has 4 aromatic rings. The summed E-state index contributed by atoms with van der Waals surface area (Å²) in [6.07, 6.45) is 3.40. The van der Waals surface area contributed by atoms with E-state index in [2.05, 4.69) is 10.3 Å². The van der Waals surface area contributed by atoms with Crippen molar-refractivity contribution >= 4 is 21.4 Å². The summed E-state index contributed by atoms with van der Waals surface area (Å²) in [5, 5.41) is 1.65. The Morgan fingerprint density at radius 3 is 2.52 bits per heavy atom. The monoisotopic (exact) mass is 437 g/mol. The summed E-state index contributed by atoms with van der Waals surface area (Å²) >= 11 is 0. The maximum Gasteiger partial charge on any atom is 0.271 e. The van der Waals surface area contributed by atoms with Crippen molar-refractivity contribution < 1.29 is 17.6 Å². The number of aryl methyl sites for hydroxylation is 1. The van der Waals surface area contributed by atoms with Crippen LogP contribution in [-0.4, -0.2) is 30.3 Å². The van der Waals surface area contributed by atoms with Crippen molar-refractivity contribution in [1.29, 1.82) is 0 Å². The number of benzene rings is 2. The molecule has 0 aliphatic heterocycles. The minimum absolute atomic E-state index is 0.0137. The van der Waals surface area contributed by atoms with Gasteiger partial charge in [0, 0.05) is 18.9 Å². The highest BCUT2D eigenvalue weighted by molar-refractivity contribution is 7.91. The number of pyridine rings is 1. The van der Waals surface area contributed by atoms with Gasteiger partial charge in [0.1, 0.15) is 22.4 Å². The molecule has 31 heavy (non-hydrogen) atoms. The van der Waals surface area contributed by atoms with Crippen LogP contribution in [0.5, 0.6) is 0 Å². The van der Waals surface area contributed by atoms with Crippen LogP contribution in [0.4, 0.5) is 4.39 Å². The zero-order valence-corrected chi connectivity index (χ0v) is 17.5. The summed E-state index contributed by atoms with van der Waals surface area (Å²) in [6, 6.07) is 17.0. The van der Waals surface area contributed by atoms with Crippen LogP contribution in [0, 0.1) is 12.7 Å². The number of amides is 1. The Balaban J connectivity index is 1.61. The number of nitrogens with zero attached hydrogens (tertiary/aromatic N) is 2. The molecule has 0 radical (unpaired) electrons. The fourth-order valence-electron chi connectivity index (χ4n) is 3.33. The number of aromatic nitrogens is 2. The average molecular weight is 437 g/mol. The topological polar surface area (TPSA) is 80.5 Å². The highest BCUT2D eigenvalue weighted by Gasteiger charge is 2.30. The fourth-order valence-corrected chi connectivity index (χ4v) is 4.99. The molecule has 4 rings (SSSR count). The summed E-state index contributed by atoms with van der Waals surface area (Å²) in [5.74, 6) is -0.998. The number of hydrogen-bond donors (Lipinski definition) is 1. The van der Waals surface area contributed by atoms with Crippen LogP contribution in [0.1, 0.15) is 26.9 Å². The molecule has 0 saturated heterocycles. The summed E-state index contributed by atoms with van der Waals surface area (Å²) in [7, 11) is -3.89. The highest BCUT2D eigenvalue weighted by atomic mass is 32.2. The second-order valence-electron chi connectivity index (χ2n) is 7.20. The fraction of sp³-hybridized carbons (Fsp3) is 0.130. The molecular weight excluding hydrogens is 417 g/mol. The standard InChI is InChI=1S/C23H20FN3O3S/c1-16-11-12-27-15-20(26-22(27)13-16)23(28)25-14-21(17-5-3-2-4-6-17)31(29,30)19-9-7-18(24)8-10-19/h2-13,15,21H,14H2,1H3,(H,25,28). The van der Waals surface area contributed by atoms with E-state index in [0.29, 0.717) is 11.2 Å². The van der Waals surface area contributed by atoms with Gasteiger partial charge in [0.25, 0.3) is 5.91 Å². The molecule has 2 aromatic carbocycles. The number of carbonyl (C=O) groups excluding carboxylic acids is 1. The van der Waals surface area contributed by atoms with Gasteiger partial charge in [0.2, 0.25) is 0 Å². The first-order chi connectivity index (χ1) is 14.8. The third kappa shape index (κ3) is 4.34. The van der Waals surface area contributed by atoms with Crippen molar-refractivity contribution in [3.8, 4) is 0 Å². The zero-order chi connectivity index (χ0) is 22.0. The van der Waals surface area contributed by atoms with Gasteiger partial charge in [-0.1, -0.05) is 30.3 Å². The van der Waals surface area contributed by atoms with E-state index in [-0.39, 0.29) is 17.1 Å². The van der Waals surface area contributed by atoms with E-state index in [4.69, 9.17) is 0 Å². The molecular formula is C23H20FN3O3S. The van der Waals surface area contributed by atoms with E-state index in [0.717, 1.165) is 17.7 Å². The lowest BCUT2D eigenvalue weighted by atomic mass is 10.1. The second-order valence-corrected chi connectivity index (χ2v) is 9.33. The van der Waals surface area contributed by atoms with Gasteiger partial charge in [-0.15, -0.1) is 0 Å². The largest absolute Gasteiger partial charge is 0.349 e. The number of sulfone groups is 1. The van der Waals surface area contributed by atoms with Crippen molar-refractivity contribution in [2.24, 2.45) is 0 Å². The lowest BCUT2D eigenvalue weighted by Gasteiger charge is -2.19. The van der Waals surface area contributed by atoms with E-state index in [1.807, 2.05) is 19.1 Å². The number of fused-ring (bicyclic) bond motifs is 1. The molecule has 6 nitrogen and oxygen atoms in total.